The van der Waals surface area contributed by atoms with Crippen LogP contribution in [0.3, 0.4) is 0 Å². The molecule has 0 bridgehead atoms. The molecule has 1 aliphatic heterocycles. The van der Waals surface area contributed by atoms with E-state index in [4.69, 9.17) is 10.8 Å². The number of hydrogen-bond acceptors (Lipinski definition) is 6. The second-order valence-electron chi connectivity index (χ2n) is 3.50. The number of hydrogen-bond donors (Lipinski definition) is 2. The predicted octanol–water partition coefficient (Wildman–Crippen LogP) is 0.368. The molecule has 0 aliphatic carbocycles. The van der Waals surface area contributed by atoms with Crippen LogP contribution < -0.4 is 5.73 Å². The third-order valence-corrected chi connectivity index (χ3v) is 4.11. The fourth-order valence-corrected chi connectivity index (χ4v) is 3.16. The van der Waals surface area contributed by atoms with E-state index in [1.807, 2.05) is 0 Å². The van der Waals surface area contributed by atoms with Gasteiger partial charge >= 0.3 is 5.97 Å². The third kappa shape index (κ3) is 2.52. The summed E-state index contributed by atoms with van der Waals surface area (Å²) < 4.78 is 0. The summed E-state index contributed by atoms with van der Waals surface area (Å²) in [6, 6.07) is -0.774. The van der Waals surface area contributed by atoms with E-state index in [1.165, 1.54) is 28.0 Å². The van der Waals surface area contributed by atoms with E-state index < -0.39 is 12.0 Å². The Morgan fingerprint density at radius 3 is 2.94 bits per heavy atom. The van der Waals surface area contributed by atoms with Crippen molar-refractivity contribution in [1.82, 2.24) is 9.88 Å². The lowest BCUT2D eigenvalue weighted by atomic mass is 10.2. The molecule has 2 heterocycles. The summed E-state index contributed by atoms with van der Waals surface area (Å²) >= 11 is 2.71. The van der Waals surface area contributed by atoms with Crippen molar-refractivity contribution in [3.63, 3.8) is 0 Å². The largest absolute Gasteiger partial charge is 0.480 e. The Kier molecular flexibility index (Phi) is 3.53. The number of thioether (sulfide) groups is 1. The molecule has 0 spiro atoms. The number of carboxylic acid groups (broad SMARTS) is 1. The third-order valence-electron chi connectivity index (χ3n) is 2.42. The fraction of sp³-hybridized carbons (Fsp3) is 0.444. The van der Waals surface area contributed by atoms with Gasteiger partial charge in [0, 0.05) is 23.4 Å². The average molecular weight is 273 g/mol. The molecule has 92 valence electrons. The van der Waals surface area contributed by atoms with Gasteiger partial charge in [-0.05, 0) is 0 Å². The Balaban J connectivity index is 2.19. The molecular weight excluding hydrogens is 262 g/mol. The van der Waals surface area contributed by atoms with Crippen LogP contribution in [0.1, 0.15) is 10.5 Å². The van der Waals surface area contributed by atoms with Crippen LogP contribution in [0, 0.1) is 0 Å². The maximum atomic E-state index is 12.1. The lowest BCUT2D eigenvalue weighted by Gasteiger charge is -2.31. The lowest BCUT2D eigenvalue weighted by Crippen LogP contribution is -2.50. The fourth-order valence-electron chi connectivity index (χ4n) is 1.58. The number of nitrogens with two attached hydrogens (primary N) is 1. The quantitative estimate of drug-likeness (QED) is 0.808. The number of amides is 1. The molecule has 2 rings (SSSR count). The first kappa shape index (κ1) is 12.2. The second kappa shape index (κ2) is 4.92. The van der Waals surface area contributed by atoms with Gasteiger partial charge in [0.15, 0.2) is 5.13 Å². The monoisotopic (exact) mass is 273 g/mol. The number of thiazole rings is 1. The number of aliphatic carboxylic acids is 1. The standard InChI is InChI=1S/C9H11N3O3S2/c10-9-11-5(3-17-9)7(13)12-1-2-16-4-6(12)8(14)15/h3,6H,1-2,4H2,(H2,10,11)(H,14,15). The van der Waals surface area contributed by atoms with E-state index in [0.29, 0.717) is 17.4 Å². The number of rotatable bonds is 2. The van der Waals surface area contributed by atoms with Gasteiger partial charge in [-0.1, -0.05) is 0 Å². The van der Waals surface area contributed by atoms with E-state index in [1.54, 1.807) is 5.38 Å². The number of nitrogens with zero attached hydrogens (tertiary/aromatic N) is 2. The van der Waals surface area contributed by atoms with Crippen molar-refractivity contribution in [3.8, 4) is 0 Å². The van der Waals surface area contributed by atoms with Crippen LogP contribution in [-0.4, -0.2) is 51.0 Å². The predicted molar refractivity (Wildman–Crippen MR) is 66.3 cm³/mol. The van der Waals surface area contributed by atoms with Crippen LogP contribution in [0.5, 0.6) is 0 Å². The smallest absolute Gasteiger partial charge is 0.327 e. The summed E-state index contributed by atoms with van der Waals surface area (Å²) in [5, 5.41) is 10.9. The van der Waals surface area contributed by atoms with Gasteiger partial charge in [-0.25, -0.2) is 9.78 Å². The summed E-state index contributed by atoms with van der Waals surface area (Å²) in [5.74, 6) is -0.171. The van der Waals surface area contributed by atoms with Crippen LogP contribution >= 0.6 is 23.1 Å². The first-order chi connectivity index (χ1) is 8.09. The first-order valence-corrected chi connectivity index (χ1v) is 6.95. The Hall–Kier alpha value is -1.28. The second-order valence-corrected chi connectivity index (χ2v) is 5.54. The Labute approximate surface area is 106 Å². The van der Waals surface area contributed by atoms with Gasteiger partial charge in [0.2, 0.25) is 0 Å². The zero-order valence-electron chi connectivity index (χ0n) is 8.83. The van der Waals surface area contributed by atoms with Crippen molar-refractivity contribution in [2.75, 3.05) is 23.8 Å². The molecule has 1 amide bonds. The SMILES string of the molecule is Nc1nc(C(=O)N2CCSCC2C(=O)O)cs1. The molecule has 0 radical (unpaired) electrons. The molecule has 1 fully saturated rings. The zero-order valence-corrected chi connectivity index (χ0v) is 10.5. The molecule has 8 heteroatoms. The van der Waals surface area contributed by atoms with Crippen LogP contribution in [0.25, 0.3) is 0 Å². The highest BCUT2D eigenvalue weighted by Crippen LogP contribution is 2.20. The number of carbonyl (C=O) groups excluding carboxylic acids is 1. The molecule has 6 nitrogen and oxygen atoms in total. The van der Waals surface area contributed by atoms with Crippen molar-refractivity contribution in [2.24, 2.45) is 0 Å². The molecular formula is C9H11N3O3S2. The first-order valence-electron chi connectivity index (χ1n) is 4.92. The molecule has 1 aromatic rings. The number of nitrogen functional groups attached to an aromatic ring is 1. The van der Waals surface area contributed by atoms with Crippen molar-refractivity contribution in [1.29, 1.82) is 0 Å². The lowest BCUT2D eigenvalue weighted by molar-refractivity contribution is -0.141. The maximum absolute atomic E-state index is 12.1. The summed E-state index contributed by atoms with van der Waals surface area (Å²) in [5.41, 5.74) is 5.68. The molecule has 1 saturated heterocycles. The summed E-state index contributed by atoms with van der Waals surface area (Å²) in [4.78, 5) is 28.4. The van der Waals surface area contributed by atoms with Crippen molar-refractivity contribution < 1.29 is 14.7 Å². The summed E-state index contributed by atoms with van der Waals surface area (Å²) in [6.45, 7) is 0.428. The van der Waals surface area contributed by atoms with Gasteiger partial charge in [-0.15, -0.1) is 11.3 Å². The van der Waals surface area contributed by atoms with Crippen LogP contribution in [0.15, 0.2) is 5.38 Å². The molecule has 17 heavy (non-hydrogen) atoms. The van der Waals surface area contributed by atoms with Crippen molar-refractivity contribution in [2.45, 2.75) is 6.04 Å². The van der Waals surface area contributed by atoms with E-state index >= 15 is 0 Å². The minimum atomic E-state index is -0.978. The topological polar surface area (TPSA) is 96.5 Å². The van der Waals surface area contributed by atoms with E-state index in [9.17, 15) is 9.59 Å². The van der Waals surface area contributed by atoms with Crippen molar-refractivity contribution >= 4 is 40.1 Å². The van der Waals surface area contributed by atoms with Crippen LogP contribution in [0.2, 0.25) is 0 Å². The molecule has 3 N–H and O–H groups in total. The average Bonchev–Trinajstić information content (AvgIpc) is 2.75. The van der Waals surface area contributed by atoms with Gasteiger partial charge in [0.05, 0.1) is 0 Å². The molecule has 0 saturated carbocycles. The molecule has 1 atom stereocenters. The highest BCUT2D eigenvalue weighted by Gasteiger charge is 2.33. The van der Waals surface area contributed by atoms with Crippen LogP contribution in [-0.2, 0) is 4.79 Å². The molecule has 0 aromatic carbocycles. The normalized spacial score (nSPS) is 20.2. The summed E-state index contributed by atoms with van der Waals surface area (Å²) in [7, 11) is 0. The van der Waals surface area contributed by atoms with Gasteiger partial charge < -0.3 is 15.7 Å². The van der Waals surface area contributed by atoms with Crippen molar-refractivity contribution in [3.05, 3.63) is 11.1 Å². The van der Waals surface area contributed by atoms with E-state index in [-0.39, 0.29) is 11.6 Å². The van der Waals surface area contributed by atoms with Gasteiger partial charge in [0.25, 0.3) is 5.91 Å². The Morgan fingerprint density at radius 2 is 2.35 bits per heavy atom. The summed E-state index contributed by atoms with van der Waals surface area (Å²) in [6.07, 6.45) is 0. The zero-order chi connectivity index (χ0) is 12.4. The van der Waals surface area contributed by atoms with E-state index in [2.05, 4.69) is 4.98 Å². The highest BCUT2D eigenvalue weighted by molar-refractivity contribution is 7.99. The molecule has 1 aromatic heterocycles. The van der Waals surface area contributed by atoms with Crippen LogP contribution in [0.4, 0.5) is 5.13 Å². The molecule has 1 unspecified atom stereocenters. The van der Waals surface area contributed by atoms with Gasteiger partial charge in [0.1, 0.15) is 11.7 Å². The number of aromatic nitrogens is 1. The molecule has 1 aliphatic rings. The number of anilines is 1. The van der Waals surface area contributed by atoms with Gasteiger partial charge in [-0.2, -0.15) is 11.8 Å². The maximum Gasteiger partial charge on any atom is 0.327 e. The van der Waals surface area contributed by atoms with E-state index in [0.717, 1.165) is 5.75 Å². The Morgan fingerprint density at radius 1 is 1.59 bits per heavy atom. The number of carboxylic acids is 1. The minimum Gasteiger partial charge on any atom is -0.480 e. The Bertz CT molecular complexity index is 448. The number of carbonyl (C=O) groups is 2. The minimum absolute atomic E-state index is 0.227. The highest BCUT2D eigenvalue weighted by atomic mass is 32.2. The van der Waals surface area contributed by atoms with Gasteiger partial charge in [-0.3, -0.25) is 4.79 Å².